The SMILES string of the molecule is CCCC(CCO)CNC1COCC1O. The summed E-state index contributed by atoms with van der Waals surface area (Å²) in [6.07, 6.45) is 2.72. The van der Waals surface area contributed by atoms with Gasteiger partial charge in [0.1, 0.15) is 0 Å². The van der Waals surface area contributed by atoms with Crippen molar-refractivity contribution in [1.29, 1.82) is 0 Å². The first-order valence-electron chi connectivity index (χ1n) is 5.88. The van der Waals surface area contributed by atoms with Gasteiger partial charge in [-0.15, -0.1) is 0 Å². The lowest BCUT2D eigenvalue weighted by Gasteiger charge is -2.20. The molecule has 1 heterocycles. The standard InChI is InChI=1S/C11H23NO3/c1-2-3-9(4-5-13)6-12-10-7-15-8-11(10)14/h9-14H,2-8H2,1H3. The third kappa shape index (κ3) is 4.47. The highest BCUT2D eigenvalue weighted by molar-refractivity contribution is 4.81. The molecule has 90 valence electrons. The van der Waals surface area contributed by atoms with Gasteiger partial charge in [0.2, 0.25) is 0 Å². The molecule has 1 rings (SSSR count). The summed E-state index contributed by atoms with van der Waals surface area (Å²) < 4.78 is 5.16. The highest BCUT2D eigenvalue weighted by Crippen LogP contribution is 2.11. The number of aliphatic hydroxyl groups is 2. The minimum Gasteiger partial charge on any atom is -0.396 e. The number of ether oxygens (including phenoxy) is 1. The van der Waals surface area contributed by atoms with Crippen LogP contribution in [0.3, 0.4) is 0 Å². The Labute approximate surface area is 91.6 Å². The van der Waals surface area contributed by atoms with E-state index in [9.17, 15) is 5.11 Å². The zero-order valence-corrected chi connectivity index (χ0v) is 9.48. The van der Waals surface area contributed by atoms with E-state index in [-0.39, 0.29) is 18.8 Å². The van der Waals surface area contributed by atoms with Crippen molar-refractivity contribution in [2.45, 2.75) is 38.3 Å². The first-order chi connectivity index (χ1) is 7.27. The molecule has 3 N–H and O–H groups in total. The molecule has 3 unspecified atom stereocenters. The van der Waals surface area contributed by atoms with Crippen molar-refractivity contribution in [2.75, 3.05) is 26.4 Å². The molecule has 0 saturated carbocycles. The van der Waals surface area contributed by atoms with E-state index in [4.69, 9.17) is 9.84 Å². The second-order valence-corrected chi connectivity index (χ2v) is 4.29. The average Bonchev–Trinajstić information content (AvgIpc) is 2.61. The van der Waals surface area contributed by atoms with Gasteiger partial charge < -0.3 is 20.3 Å². The van der Waals surface area contributed by atoms with E-state index in [1.165, 1.54) is 0 Å². The Bertz CT molecular complexity index is 160. The third-order valence-corrected chi connectivity index (χ3v) is 2.95. The van der Waals surface area contributed by atoms with Crippen molar-refractivity contribution in [3.63, 3.8) is 0 Å². The Morgan fingerprint density at radius 2 is 2.20 bits per heavy atom. The van der Waals surface area contributed by atoms with Crippen molar-refractivity contribution in [3.05, 3.63) is 0 Å². The lowest BCUT2D eigenvalue weighted by Crippen LogP contribution is -2.41. The summed E-state index contributed by atoms with van der Waals surface area (Å²) in [5.74, 6) is 0.507. The van der Waals surface area contributed by atoms with Crippen LogP contribution in [-0.4, -0.2) is 48.7 Å². The molecule has 0 aromatic heterocycles. The molecular weight excluding hydrogens is 194 g/mol. The summed E-state index contributed by atoms with van der Waals surface area (Å²) in [6.45, 7) is 4.29. The molecule has 0 aliphatic carbocycles. The van der Waals surface area contributed by atoms with Gasteiger partial charge in [-0.05, 0) is 25.3 Å². The van der Waals surface area contributed by atoms with Crippen LogP contribution in [0.25, 0.3) is 0 Å². The predicted octanol–water partition coefficient (Wildman–Crippen LogP) is 0.134. The molecule has 1 aliphatic heterocycles. The van der Waals surface area contributed by atoms with Gasteiger partial charge in [-0.2, -0.15) is 0 Å². The van der Waals surface area contributed by atoms with Gasteiger partial charge in [0.05, 0.1) is 25.4 Å². The maximum atomic E-state index is 9.52. The second-order valence-electron chi connectivity index (χ2n) is 4.29. The molecule has 3 atom stereocenters. The maximum Gasteiger partial charge on any atom is 0.0948 e. The fraction of sp³-hybridized carbons (Fsp3) is 1.00. The van der Waals surface area contributed by atoms with Gasteiger partial charge in [0, 0.05) is 6.61 Å². The van der Waals surface area contributed by atoms with Gasteiger partial charge in [-0.25, -0.2) is 0 Å². The van der Waals surface area contributed by atoms with Crippen LogP contribution in [0.15, 0.2) is 0 Å². The maximum absolute atomic E-state index is 9.52. The van der Waals surface area contributed by atoms with E-state index in [0.29, 0.717) is 19.1 Å². The zero-order chi connectivity index (χ0) is 11.1. The molecule has 4 heteroatoms. The Kier molecular flexibility index (Phi) is 6.17. The molecule has 1 fully saturated rings. The lowest BCUT2D eigenvalue weighted by molar-refractivity contribution is 0.121. The number of aliphatic hydroxyl groups excluding tert-OH is 2. The molecule has 4 nitrogen and oxygen atoms in total. The first kappa shape index (κ1) is 12.9. The molecule has 1 aliphatic rings. The summed E-state index contributed by atoms with van der Waals surface area (Å²) in [6, 6.07) is 0.0723. The summed E-state index contributed by atoms with van der Waals surface area (Å²) in [4.78, 5) is 0. The Hall–Kier alpha value is -0.160. The third-order valence-electron chi connectivity index (χ3n) is 2.95. The van der Waals surface area contributed by atoms with Gasteiger partial charge in [-0.1, -0.05) is 13.3 Å². The van der Waals surface area contributed by atoms with E-state index < -0.39 is 0 Å². The van der Waals surface area contributed by atoms with Crippen molar-refractivity contribution in [3.8, 4) is 0 Å². The molecular formula is C11H23NO3. The van der Waals surface area contributed by atoms with Crippen molar-refractivity contribution < 1.29 is 14.9 Å². The van der Waals surface area contributed by atoms with Crippen LogP contribution in [-0.2, 0) is 4.74 Å². The quantitative estimate of drug-likeness (QED) is 0.567. The van der Waals surface area contributed by atoms with Gasteiger partial charge in [-0.3, -0.25) is 0 Å². The van der Waals surface area contributed by atoms with Crippen LogP contribution in [0.5, 0.6) is 0 Å². The molecule has 1 saturated heterocycles. The number of hydrogen-bond donors (Lipinski definition) is 3. The molecule has 0 amide bonds. The Balaban J connectivity index is 2.19. The Morgan fingerprint density at radius 3 is 2.73 bits per heavy atom. The fourth-order valence-corrected chi connectivity index (χ4v) is 2.00. The van der Waals surface area contributed by atoms with Crippen molar-refractivity contribution in [1.82, 2.24) is 5.32 Å². The Morgan fingerprint density at radius 1 is 1.40 bits per heavy atom. The van der Waals surface area contributed by atoms with Crippen LogP contribution in [0.1, 0.15) is 26.2 Å². The zero-order valence-electron chi connectivity index (χ0n) is 9.48. The first-order valence-corrected chi connectivity index (χ1v) is 5.88. The van der Waals surface area contributed by atoms with Crippen LogP contribution < -0.4 is 5.32 Å². The summed E-state index contributed by atoms with van der Waals surface area (Å²) in [5, 5.41) is 21.7. The van der Waals surface area contributed by atoms with E-state index in [0.717, 1.165) is 25.8 Å². The number of rotatable bonds is 7. The smallest absolute Gasteiger partial charge is 0.0948 e. The molecule has 0 aromatic carbocycles. The normalized spacial score (nSPS) is 28.2. The van der Waals surface area contributed by atoms with Crippen molar-refractivity contribution in [2.24, 2.45) is 5.92 Å². The fourth-order valence-electron chi connectivity index (χ4n) is 2.00. The van der Waals surface area contributed by atoms with Crippen LogP contribution in [0, 0.1) is 5.92 Å². The molecule has 0 radical (unpaired) electrons. The minimum atomic E-state index is -0.374. The largest absolute Gasteiger partial charge is 0.396 e. The summed E-state index contributed by atoms with van der Waals surface area (Å²) in [7, 11) is 0. The molecule has 15 heavy (non-hydrogen) atoms. The van der Waals surface area contributed by atoms with E-state index in [2.05, 4.69) is 12.2 Å². The molecule has 0 bridgehead atoms. The van der Waals surface area contributed by atoms with Crippen molar-refractivity contribution >= 4 is 0 Å². The van der Waals surface area contributed by atoms with Gasteiger partial charge in [0.25, 0.3) is 0 Å². The van der Waals surface area contributed by atoms with E-state index in [1.807, 2.05) is 0 Å². The summed E-state index contributed by atoms with van der Waals surface area (Å²) >= 11 is 0. The van der Waals surface area contributed by atoms with Crippen LogP contribution >= 0.6 is 0 Å². The summed E-state index contributed by atoms with van der Waals surface area (Å²) in [5.41, 5.74) is 0. The number of hydrogen-bond acceptors (Lipinski definition) is 4. The molecule has 0 aromatic rings. The van der Waals surface area contributed by atoms with Crippen LogP contribution in [0.2, 0.25) is 0 Å². The van der Waals surface area contributed by atoms with E-state index in [1.54, 1.807) is 0 Å². The highest BCUT2D eigenvalue weighted by atomic mass is 16.5. The van der Waals surface area contributed by atoms with Gasteiger partial charge in [0.15, 0.2) is 0 Å². The molecule has 0 spiro atoms. The van der Waals surface area contributed by atoms with Gasteiger partial charge >= 0.3 is 0 Å². The average molecular weight is 217 g/mol. The predicted molar refractivity (Wildman–Crippen MR) is 58.7 cm³/mol. The second kappa shape index (κ2) is 7.17. The van der Waals surface area contributed by atoms with Crippen LogP contribution in [0.4, 0.5) is 0 Å². The lowest BCUT2D eigenvalue weighted by atomic mass is 9.99. The monoisotopic (exact) mass is 217 g/mol. The topological polar surface area (TPSA) is 61.7 Å². The minimum absolute atomic E-state index is 0.0723. The number of nitrogens with one attached hydrogen (secondary N) is 1. The van der Waals surface area contributed by atoms with E-state index >= 15 is 0 Å². The highest BCUT2D eigenvalue weighted by Gasteiger charge is 2.25.